The van der Waals surface area contributed by atoms with Crippen LogP contribution in [0, 0.1) is 23.7 Å². The van der Waals surface area contributed by atoms with Crippen molar-refractivity contribution in [1.29, 1.82) is 0 Å². The molecule has 13 heavy (non-hydrogen) atoms. The second kappa shape index (κ2) is 4.00. The van der Waals surface area contributed by atoms with Crippen molar-refractivity contribution in [2.24, 2.45) is 23.7 Å². The molecule has 78 valence electrons. The largest absolute Gasteiger partial charge is 0.374 e. The van der Waals surface area contributed by atoms with Crippen LogP contribution < -0.4 is 0 Å². The molecule has 1 rings (SSSR count). The quantitative estimate of drug-likeness (QED) is 0.607. The Morgan fingerprint density at radius 1 is 0.846 bits per heavy atom. The maximum Gasteiger partial charge on any atom is 0.0629 e. The Bertz CT molecular complexity index is 165. The summed E-state index contributed by atoms with van der Waals surface area (Å²) in [5.74, 6) is 2.83. The molecule has 0 amide bonds. The molecule has 1 saturated heterocycles. The third kappa shape index (κ3) is 2.07. The maximum absolute atomic E-state index is 6.04. The summed E-state index contributed by atoms with van der Waals surface area (Å²) in [7, 11) is 0. The zero-order valence-corrected chi connectivity index (χ0v) is 9.87. The highest BCUT2D eigenvalue weighted by Crippen LogP contribution is 2.37. The first-order chi connectivity index (χ1) is 5.95. The van der Waals surface area contributed by atoms with E-state index in [1.165, 1.54) is 0 Å². The van der Waals surface area contributed by atoms with E-state index < -0.39 is 0 Å². The van der Waals surface area contributed by atoms with Gasteiger partial charge in [-0.3, -0.25) is 0 Å². The molecule has 0 unspecified atom stereocenters. The van der Waals surface area contributed by atoms with Gasteiger partial charge in [0.25, 0.3) is 0 Å². The van der Waals surface area contributed by atoms with Crippen LogP contribution in [0.3, 0.4) is 0 Å². The van der Waals surface area contributed by atoms with Crippen molar-refractivity contribution in [2.45, 2.75) is 53.8 Å². The van der Waals surface area contributed by atoms with Gasteiger partial charge in [-0.15, -0.1) is 0 Å². The SMILES string of the molecule is CC(C)[C@@H]1O[C@H](C)[C@@H](C)[C@@H](C)[C@H]1C. The summed E-state index contributed by atoms with van der Waals surface area (Å²) in [4.78, 5) is 0. The predicted molar refractivity (Wildman–Crippen MR) is 56.7 cm³/mol. The van der Waals surface area contributed by atoms with E-state index in [2.05, 4.69) is 41.5 Å². The molecule has 1 aliphatic heterocycles. The molecule has 0 spiro atoms. The molecule has 5 atom stereocenters. The lowest BCUT2D eigenvalue weighted by Crippen LogP contribution is -2.45. The fourth-order valence-electron chi connectivity index (χ4n) is 2.47. The molecule has 1 aliphatic rings. The molecule has 0 radical (unpaired) electrons. The molecule has 0 aromatic carbocycles. The average Bonchev–Trinajstić information content (AvgIpc) is 2.07. The highest BCUT2D eigenvalue weighted by molar-refractivity contribution is 4.85. The summed E-state index contributed by atoms with van der Waals surface area (Å²) in [6.07, 6.45) is 0.889. The van der Waals surface area contributed by atoms with Crippen molar-refractivity contribution in [3.05, 3.63) is 0 Å². The van der Waals surface area contributed by atoms with Crippen LogP contribution in [0.5, 0.6) is 0 Å². The minimum absolute atomic E-state index is 0.429. The molecule has 0 aromatic heterocycles. The van der Waals surface area contributed by atoms with E-state index in [4.69, 9.17) is 4.74 Å². The normalized spacial score (nSPS) is 46.8. The molecule has 1 heteroatoms. The van der Waals surface area contributed by atoms with E-state index in [0.717, 1.165) is 5.92 Å². The summed E-state index contributed by atoms with van der Waals surface area (Å²) in [5, 5.41) is 0. The van der Waals surface area contributed by atoms with Crippen molar-refractivity contribution in [3.63, 3.8) is 0 Å². The fourth-order valence-corrected chi connectivity index (χ4v) is 2.47. The summed E-state index contributed by atoms with van der Waals surface area (Å²) in [6.45, 7) is 13.7. The molecule has 0 saturated carbocycles. The highest BCUT2D eigenvalue weighted by Gasteiger charge is 2.37. The van der Waals surface area contributed by atoms with Crippen molar-refractivity contribution in [1.82, 2.24) is 0 Å². The van der Waals surface area contributed by atoms with Crippen molar-refractivity contribution in [3.8, 4) is 0 Å². The molecular formula is C12H24O. The minimum atomic E-state index is 0.429. The van der Waals surface area contributed by atoms with Gasteiger partial charge in [-0.05, 0) is 30.6 Å². The molecule has 1 nitrogen and oxygen atoms in total. The van der Waals surface area contributed by atoms with Gasteiger partial charge in [0, 0.05) is 0 Å². The van der Waals surface area contributed by atoms with Crippen LogP contribution in [-0.2, 0) is 4.74 Å². The van der Waals surface area contributed by atoms with Gasteiger partial charge in [0.15, 0.2) is 0 Å². The summed E-state index contributed by atoms with van der Waals surface area (Å²) in [6, 6.07) is 0. The van der Waals surface area contributed by atoms with Crippen LogP contribution in [0.2, 0.25) is 0 Å². The van der Waals surface area contributed by atoms with Crippen LogP contribution in [0.4, 0.5) is 0 Å². The van der Waals surface area contributed by atoms with Crippen LogP contribution >= 0.6 is 0 Å². The fraction of sp³-hybridized carbons (Fsp3) is 1.00. The van der Waals surface area contributed by atoms with Crippen LogP contribution in [0.15, 0.2) is 0 Å². The van der Waals surface area contributed by atoms with Crippen LogP contribution in [0.1, 0.15) is 41.5 Å². The highest BCUT2D eigenvalue weighted by atomic mass is 16.5. The molecule has 0 N–H and O–H groups in total. The summed E-state index contributed by atoms with van der Waals surface area (Å²) < 4.78 is 6.04. The molecular weight excluding hydrogens is 160 g/mol. The Morgan fingerprint density at radius 2 is 1.38 bits per heavy atom. The van der Waals surface area contributed by atoms with E-state index in [1.807, 2.05) is 0 Å². The lowest BCUT2D eigenvalue weighted by atomic mass is 9.74. The van der Waals surface area contributed by atoms with E-state index in [-0.39, 0.29) is 0 Å². The second-order valence-corrected chi connectivity index (χ2v) is 5.13. The van der Waals surface area contributed by atoms with Gasteiger partial charge in [0.1, 0.15) is 0 Å². The third-order valence-corrected chi connectivity index (χ3v) is 3.95. The van der Waals surface area contributed by atoms with E-state index in [9.17, 15) is 0 Å². The van der Waals surface area contributed by atoms with E-state index in [1.54, 1.807) is 0 Å². The van der Waals surface area contributed by atoms with Gasteiger partial charge in [0.05, 0.1) is 12.2 Å². The Kier molecular flexibility index (Phi) is 3.39. The first kappa shape index (κ1) is 11.0. The van der Waals surface area contributed by atoms with Crippen LogP contribution in [-0.4, -0.2) is 12.2 Å². The Hall–Kier alpha value is -0.0400. The standard InChI is InChI=1S/C12H24O/c1-7(2)12-10(5)8(3)9(4)11(6)13-12/h7-12H,1-6H3/t8-,9+,10-,11-,12+/m1/s1. The Balaban J connectivity index is 2.70. The van der Waals surface area contributed by atoms with Crippen LogP contribution in [0.25, 0.3) is 0 Å². The average molecular weight is 184 g/mol. The summed E-state index contributed by atoms with van der Waals surface area (Å²) in [5.41, 5.74) is 0. The van der Waals surface area contributed by atoms with E-state index >= 15 is 0 Å². The Labute approximate surface area is 82.9 Å². The van der Waals surface area contributed by atoms with Gasteiger partial charge in [-0.1, -0.05) is 34.6 Å². The van der Waals surface area contributed by atoms with Crippen molar-refractivity contribution >= 4 is 0 Å². The lowest BCUT2D eigenvalue weighted by Gasteiger charge is -2.44. The van der Waals surface area contributed by atoms with Crippen molar-refractivity contribution < 1.29 is 4.74 Å². The first-order valence-electron chi connectivity index (χ1n) is 5.60. The van der Waals surface area contributed by atoms with Gasteiger partial charge >= 0.3 is 0 Å². The molecule has 1 fully saturated rings. The number of ether oxygens (including phenoxy) is 1. The minimum Gasteiger partial charge on any atom is -0.374 e. The van der Waals surface area contributed by atoms with Gasteiger partial charge < -0.3 is 4.74 Å². The predicted octanol–water partition coefficient (Wildman–Crippen LogP) is 3.34. The number of rotatable bonds is 1. The number of hydrogen-bond acceptors (Lipinski definition) is 1. The van der Waals surface area contributed by atoms with Gasteiger partial charge in [0.2, 0.25) is 0 Å². The first-order valence-corrected chi connectivity index (χ1v) is 5.60. The molecule has 1 heterocycles. The molecule has 0 aromatic rings. The monoisotopic (exact) mass is 184 g/mol. The zero-order chi connectivity index (χ0) is 10.2. The van der Waals surface area contributed by atoms with E-state index in [0.29, 0.717) is 30.0 Å². The maximum atomic E-state index is 6.04. The molecule has 0 aliphatic carbocycles. The Morgan fingerprint density at radius 3 is 1.85 bits per heavy atom. The smallest absolute Gasteiger partial charge is 0.0629 e. The molecule has 0 bridgehead atoms. The number of hydrogen-bond donors (Lipinski definition) is 0. The van der Waals surface area contributed by atoms with Gasteiger partial charge in [-0.25, -0.2) is 0 Å². The van der Waals surface area contributed by atoms with Gasteiger partial charge in [-0.2, -0.15) is 0 Å². The zero-order valence-electron chi connectivity index (χ0n) is 9.87. The summed E-state index contributed by atoms with van der Waals surface area (Å²) >= 11 is 0. The second-order valence-electron chi connectivity index (χ2n) is 5.13. The topological polar surface area (TPSA) is 9.23 Å². The third-order valence-electron chi connectivity index (χ3n) is 3.95. The lowest BCUT2D eigenvalue weighted by molar-refractivity contribution is -0.141. The van der Waals surface area contributed by atoms with Crippen molar-refractivity contribution in [2.75, 3.05) is 0 Å².